The van der Waals surface area contributed by atoms with Gasteiger partial charge < -0.3 is 9.30 Å². The highest BCUT2D eigenvalue weighted by atomic mass is 16.5. The van der Waals surface area contributed by atoms with Crippen LogP contribution in [0.15, 0.2) is 28.4 Å². The fraction of sp³-hybridized carbons (Fsp3) is 0.412. The summed E-state index contributed by atoms with van der Waals surface area (Å²) in [7, 11) is 1.56. The second kappa shape index (κ2) is 6.66. The van der Waals surface area contributed by atoms with E-state index in [0.29, 0.717) is 23.5 Å². The van der Waals surface area contributed by atoms with Gasteiger partial charge in [-0.3, -0.25) is 23.1 Å². The van der Waals surface area contributed by atoms with E-state index in [1.807, 2.05) is 11.5 Å². The molecule has 3 rings (SSSR count). The molecule has 0 aliphatic rings. The Labute approximate surface area is 148 Å². The highest BCUT2D eigenvalue weighted by Crippen LogP contribution is 2.16. The van der Waals surface area contributed by atoms with Crippen LogP contribution in [0.3, 0.4) is 0 Å². The number of fused-ring (bicyclic) bond motifs is 3. The van der Waals surface area contributed by atoms with E-state index in [1.165, 1.54) is 4.57 Å². The molecule has 0 unspecified atom stereocenters. The summed E-state index contributed by atoms with van der Waals surface area (Å²) in [6, 6.07) is 0. The van der Waals surface area contributed by atoms with E-state index in [1.54, 1.807) is 30.6 Å². The average molecular weight is 359 g/mol. The molecule has 0 fully saturated rings. The Hall–Kier alpha value is -3.10. The topological polar surface area (TPSA) is 92.5 Å². The van der Waals surface area contributed by atoms with Crippen LogP contribution in [0.25, 0.3) is 16.9 Å². The van der Waals surface area contributed by atoms with Crippen LogP contribution in [0.2, 0.25) is 0 Å². The third-order valence-corrected chi connectivity index (χ3v) is 4.30. The van der Waals surface area contributed by atoms with Crippen LogP contribution in [-0.4, -0.2) is 35.7 Å². The Morgan fingerprint density at radius 1 is 1.35 bits per heavy atom. The molecule has 0 aliphatic heterocycles. The van der Waals surface area contributed by atoms with Gasteiger partial charge in [0.2, 0.25) is 5.78 Å². The maximum atomic E-state index is 12.9. The highest BCUT2D eigenvalue weighted by Gasteiger charge is 2.20. The molecule has 0 aromatic carbocycles. The molecule has 0 N–H and O–H groups in total. The van der Waals surface area contributed by atoms with Crippen molar-refractivity contribution in [3.05, 3.63) is 45.4 Å². The predicted molar refractivity (Wildman–Crippen MR) is 96.4 cm³/mol. The number of ether oxygens (including phenoxy) is 1. The zero-order chi connectivity index (χ0) is 19.0. The molecule has 138 valence electrons. The first-order chi connectivity index (χ1) is 12.4. The van der Waals surface area contributed by atoms with E-state index in [-0.39, 0.29) is 19.6 Å². The summed E-state index contributed by atoms with van der Waals surface area (Å²) in [5, 5.41) is 0. The molecule has 9 heteroatoms. The number of allylic oxidation sites excluding steroid dienone is 1. The number of hydrogen-bond donors (Lipinski definition) is 0. The zero-order valence-electron chi connectivity index (χ0n) is 15.1. The molecular formula is C17H21N5O4. The molecule has 26 heavy (non-hydrogen) atoms. The number of aryl methyl sites for hydroxylation is 2. The quantitative estimate of drug-likeness (QED) is 0.475. The van der Waals surface area contributed by atoms with Gasteiger partial charge in [0.05, 0.1) is 13.0 Å². The summed E-state index contributed by atoms with van der Waals surface area (Å²) in [6.45, 7) is 8.10. The summed E-state index contributed by atoms with van der Waals surface area (Å²) in [4.78, 5) is 41.6. The third kappa shape index (κ3) is 2.65. The van der Waals surface area contributed by atoms with Crippen LogP contribution >= 0.6 is 0 Å². The Morgan fingerprint density at radius 3 is 2.73 bits per heavy atom. The molecule has 9 nitrogen and oxygen atoms in total. The Morgan fingerprint density at radius 2 is 2.08 bits per heavy atom. The number of aromatic nitrogens is 5. The first-order valence-electron chi connectivity index (χ1n) is 8.34. The van der Waals surface area contributed by atoms with E-state index in [9.17, 15) is 14.4 Å². The molecular weight excluding hydrogens is 338 g/mol. The van der Waals surface area contributed by atoms with Gasteiger partial charge in [0.15, 0.2) is 11.2 Å². The van der Waals surface area contributed by atoms with Crippen LogP contribution in [0.4, 0.5) is 0 Å². The zero-order valence-corrected chi connectivity index (χ0v) is 15.1. The van der Waals surface area contributed by atoms with Crippen molar-refractivity contribution in [1.29, 1.82) is 0 Å². The number of hydrogen-bond acceptors (Lipinski definition) is 5. The van der Waals surface area contributed by atoms with Crippen molar-refractivity contribution in [2.45, 2.75) is 33.4 Å². The monoisotopic (exact) mass is 359 g/mol. The van der Waals surface area contributed by atoms with Crippen molar-refractivity contribution in [3.8, 4) is 0 Å². The summed E-state index contributed by atoms with van der Waals surface area (Å²) in [6.07, 6.45) is 3.49. The van der Waals surface area contributed by atoms with Gasteiger partial charge in [-0.25, -0.2) is 4.79 Å². The van der Waals surface area contributed by atoms with Gasteiger partial charge in [-0.05, 0) is 13.8 Å². The normalized spacial score (nSPS) is 11.3. The van der Waals surface area contributed by atoms with Crippen LogP contribution in [0.5, 0.6) is 0 Å². The smallest absolute Gasteiger partial charge is 0.332 e. The minimum absolute atomic E-state index is 0.0418. The van der Waals surface area contributed by atoms with Crippen LogP contribution in [0, 0.1) is 6.92 Å². The van der Waals surface area contributed by atoms with E-state index >= 15 is 0 Å². The molecule has 0 bridgehead atoms. The second-order valence-corrected chi connectivity index (χ2v) is 5.98. The maximum Gasteiger partial charge on any atom is 0.332 e. The largest absolute Gasteiger partial charge is 0.466 e. The lowest BCUT2D eigenvalue weighted by Crippen LogP contribution is -2.39. The summed E-state index contributed by atoms with van der Waals surface area (Å²) >= 11 is 0. The van der Waals surface area contributed by atoms with Crippen molar-refractivity contribution >= 4 is 22.9 Å². The lowest BCUT2D eigenvalue weighted by Gasteiger charge is -2.07. The molecule has 0 spiro atoms. The minimum atomic E-state index is -0.514. The Bertz CT molecular complexity index is 1130. The number of rotatable bonds is 6. The molecule has 0 radical (unpaired) electrons. The predicted octanol–water partition coefficient (Wildman–Crippen LogP) is 0.597. The van der Waals surface area contributed by atoms with E-state index < -0.39 is 17.2 Å². The van der Waals surface area contributed by atoms with Gasteiger partial charge in [0, 0.05) is 32.0 Å². The van der Waals surface area contributed by atoms with Gasteiger partial charge in [0.25, 0.3) is 5.56 Å². The standard InChI is InChI=1S/C17H21N5O4/c1-5-8-20-11(3)10-22-13-14(18-16(20)22)19(4)17(25)21(15(13)24)9-7-12(23)26-6-2/h5,10H,1,6-9H2,2-4H3. The fourth-order valence-electron chi connectivity index (χ4n) is 3.04. The Balaban J connectivity index is 2.22. The van der Waals surface area contributed by atoms with Crippen LogP contribution < -0.4 is 11.2 Å². The molecule has 0 saturated heterocycles. The number of carbonyl (C=O) groups excluding carboxylic acids is 1. The average Bonchev–Trinajstić information content (AvgIpc) is 3.10. The van der Waals surface area contributed by atoms with Crippen molar-refractivity contribution in [2.75, 3.05) is 6.61 Å². The number of esters is 1. The number of imidazole rings is 2. The fourth-order valence-corrected chi connectivity index (χ4v) is 3.04. The molecule has 0 saturated carbocycles. The first kappa shape index (κ1) is 17.7. The van der Waals surface area contributed by atoms with Crippen molar-refractivity contribution in [1.82, 2.24) is 23.1 Å². The summed E-state index contributed by atoms with van der Waals surface area (Å²) in [5.74, 6) is 0.112. The van der Waals surface area contributed by atoms with Crippen LogP contribution in [-0.2, 0) is 29.7 Å². The van der Waals surface area contributed by atoms with E-state index in [0.717, 1.165) is 10.3 Å². The molecule has 3 aromatic heterocycles. The second-order valence-electron chi connectivity index (χ2n) is 5.98. The molecule has 0 atom stereocenters. The number of carbonyl (C=O) groups is 1. The van der Waals surface area contributed by atoms with Gasteiger partial charge in [-0.1, -0.05) is 6.08 Å². The van der Waals surface area contributed by atoms with Crippen molar-refractivity contribution in [2.24, 2.45) is 7.05 Å². The SMILES string of the molecule is C=CCn1c(C)cn2c3c(=O)n(CCC(=O)OCC)c(=O)n(C)c3nc12. The maximum absolute atomic E-state index is 12.9. The summed E-state index contributed by atoms with van der Waals surface area (Å²) in [5.41, 5.74) is 0.535. The van der Waals surface area contributed by atoms with E-state index in [2.05, 4.69) is 11.6 Å². The van der Waals surface area contributed by atoms with Gasteiger partial charge in [-0.2, -0.15) is 4.98 Å². The molecule has 0 amide bonds. The number of nitrogens with zero attached hydrogens (tertiary/aromatic N) is 5. The summed E-state index contributed by atoms with van der Waals surface area (Å²) < 4.78 is 10.8. The molecule has 0 aliphatic carbocycles. The molecule has 3 aromatic rings. The van der Waals surface area contributed by atoms with Crippen molar-refractivity contribution in [3.63, 3.8) is 0 Å². The highest BCUT2D eigenvalue weighted by molar-refractivity contribution is 5.75. The van der Waals surface area contributed by atoms with Gasteiger partial charge in [0.1, 0.15) is 0 Å². The third-order valence-electron chi connectivity index (χ3n) is 4.30. The Kier molecular flexibility index (Phi) is 4.54. The van der Waals surface area contributed by atoms with Crippen molar-refractivity contribution < 1.29 is 9.53 Å². The molecule has 3 heterocycles. The van der Waals surface area contributed by atoms with Crippen LogP contribution in [0.1, 0.15) is 19.0 Å². The lowest BCUT2D eigenvalue weighted by molar-refractivity contribution is -0.143. The van der Waals surface area contributed by atoms with E-state index in [4.69, 9.17) is 4.74 Å². The van der Waals surface area contributed by atoms with Gasteiger partial charge >= 0.3 is 11.7 Å². The lowest BCUT2D eigenvalue weighted by atomic mass is 10.4. The first-order valence-corrected chi connectivity index (χ1v) is 8.34. The van der Waals surface area contributed by atoms with Gasteiger partial charge in [-0.15, -0.1) is 6.58 Å². The minimum Gasteiger partial charge on any atom is -0.466 e.